The average Bonchev–Trinajstić information content (AvgIpc) is 3.26. The first-order valence-electron chi connectivity index (χ1n) is 7.14. The second-order valence-corrected chi connectivity index (χ2v) is 6.08. The van der Waals surface area contributed by atoms with Gasteiger partial charge in [-0.05, 0) is 33.0 Å². The van der Waals surface area contributed by atoms with E-state index in [2.05, 4.69) is 31.4 Å². The summed E-state index contributed by atoms with van der Waals surface area (Å²) in [6.07, 6.45) is 4.94. The molecule has 3 rings (SSSR count). The van der Waals surface area contributed by atoms with Crippen LogP contribution in [0.5, 0.6) is 0 Å². The Morgan fingerprint density at radius 3 is 2.88 bits per heavy atom. The fourth-order valence-electron chi connectivity index (χ4n) is 2.17. The smallest absolute Gasteiger partial charge is 0.404 e. The van der Waals surface area contributed by atoms with E-state index in [-0.39, 0.29) is 28.5 Å². The minimum Gasteiger partial charge on any atom is -0.454 e. The molecule has 11 heteroatoms. The van der Waals surface area contributed by atoms with Crippen LogP contribution in [0.15, 0.2) is 39.6 Å². The summed E-state index contributed by atoms with van der Waals surface area (Å²) in [5.41, 5.74) is 0.872. The molecule has 0 unspecified atom stereocenters. The van der Waals surface area contributed by atoms with Crippen LogP contribution in [0.25, 0.3) is 0 Å². The van der Waals surface area contributed by atoms with Crippen molar-refractivity contribution in [1.82, 2.24) is 24.9 Å². The van der Waals surface area contributed by atoms with E-state index < -0.39 is 4.92 Å². The third kappa shape index (κ3) is 3.94. The van der Waals surface area contributed by atoms with E-state index in [4.69, 9.17) is 4.42 Å². The molecule has 10 nitrogen and oxygen atoms in total. The molecule has 0 bridgehead atoms. The highest BCUT2D eigenvalue weighted by molar-refractivity contribution is 9.10. The molecular formula is C14H13BrN6O4. The molecule has 0 atom stereocenters. The highest BCUT2D eigenvalue weighted by Crippen LogP contribution is 2.22. The van der Waals surface area contributed by atoms with Crippen molar-refractivity contribution >= 4 is 27.7 Å². The molecule has 1 N–H and O–H groups in total. The molecule has 0 fully saturated rings. The van der Waals surface area contributed by atoms with Gasteiger partial charge >= 0.3 is 5.82 Å². The number of carbonyl (C=O) groups excluding carboxylic acids is 1. The third-order valence-electron chi connectivity index (χ3n) is 3.29. The number of nitrogens with zero attached hydrogens (tertiary/aromatic N) is 5. The number of nitrogens with one attached hydrogen (secondary N) is 1. The fraction of sp³-hybridized carbons (Fsp3) is 0.214. The van der Waals surface area contributed by atoms with E-state index in [9.17, 15) is 14.9 Å². The Balaban J connectivity index is 1.62. The first-order chi connectivity index (χ1) is 11.9. The lowest BCUT2D eigenvalue weighted by atomic mass is 10.3. The van der Waals surface area contributed by atoms with Crippen LogP contribution in [0.4, 0.5) is 5.82 Å². The van der Waals surface area contributed by atoms with E-state index in [1.807, 2.05) is 0 Å². The lowest BCUT2D eigenvalue weighted by Gasteiger charge is -2.00. The Kier molecular flexibility index (Phi) is 4.65. The van der Waals surface area contributed by atoms with E-state index in [0.29, 0.717) is 12.3 Å². The molecule has 1 amide bonds. The quantitative estimate of drug-likeness (QED) is 0.490. The third-order valence-corrected chi connectivity index (χ3v) is 3.85. The highest BCUT2D eigenvalue weighted by atomic mass is 79.9. The number of aryl methyl sites for hydroxylation is 1. The zero-order valence-electron chi connectivity index (χ0n) is 13.0. The molecule has 0 radical (unpaired) electrons. The van der Waals surface area contributed by atoms with Gasteiger partial charge in [0.15, 0.2) is 5.76 Å². The summed E-state index contributed by atoms with van der Waals surface area (Å²) in [6.45, 7) is 0.503. The van der Waals surface area contributed by atoms with Gasteiger partial charge in [-0.1, -0.05) is 0 Å². The van der Waals surface area contributed by atoms with Gasteiger partial charge in [0.25, 0.3) is 5.91 Å². The maximum absolute atomic E-state index is 12.1. The van der Waals surface area contributed by atoms with Crippen LogP contribution in [0, 0.1) is 10.1 Å². The minimum atomic E-state index is -0.583. The van der Waals surface area contributed by atoms with Crippen molar-refractivity contribution in [3.8, 4) is 0 Å². The zero-order valence-corrected chi connectivity index (χ0v) is 14.6. The number of furan rings is 1. The van der Waals surface area contributed by atoms with Gasteiger partial charge in [-0.3, -0.25) is 9.48 Å². The summed E-state index contributed by atoms with van der Waals surface area (Å²) in [5, 5.41) is 21.4. The van der Waals surface area contributed by atoms with Crippen molar-refractivity contribution in [2.45, 2.75) is 13.1 Å². The van der Waals surface area contributed by atoms with Gasteiger partial charge in [-0.2, -0.15) is 9.78 Å². The van der Waals surface area contributed by atoms with Gasteiger partial charge in [-0.15, -0.1) is 0 Å². The zero-order chi connectivity index (χ0) is 18.0. The Bertz CT molecular complexity index is 928. The lowest BCUT2D eigenvalue weighted by molar-refractivity contribution is -0.390. The number of amides is 1. The van der Waals surface area contributed by atoms with Gasteiger partial charge in [0.1, 0.15) is 16.8 Å². The van der Waals surface area contributed by atoms with Gasteiger partial charge in [0.2, 0.25) is 0 Å². The minimum absolute atomic E-state index is 0.152. The molecule has 3 aromatic heterocycles. The van der Waals surface area contributed by atoms with Crippen LogP contribution < -0.4 is 5.32 Å². The summed E-state index contributed by atoms with van der Waals surface area (Å²) < 4.78 is 8.76. The Labute approximate surface area is 149 Å². The maximum Gasteiger partial charge on any atom is 0.404 e. The standard InChI is InChI=1S/C14H13BrN6O4/c1-19-6-9(5-17-19)4-16-14(22)12-3-2-10(25-12)7-20-8-11(15)13(18-20)21(23)24/h2-3,5-6,8H,4,7H2,1H3,(H,16,22). The molecule has 0 aliphatic rings. The normalized spacial score (nSPS) is 10.8. The summed E-state index contributed by atoms with van der Waals surface area (Å²) in [6, 6.07) is 3.17. The predicted octanol–water partition coefficient (Wildman–Crippen LogP) is 1.86. The van der Waals surface area contributed by atoms with Crippen molar-refractivity contribution in [3.63, 3.8) is 0 Å². The molecule has 0 saturated carbocycles. The van der Waals surface area contributed by atoms with Crippen LogP contribution in [0.2, 0.25) is 0 Å². The summed E-state index contributed by atoms with van der Waals surface area (Å²) in [5.74, 6) is -0.0280. The average molecular weight is 409 g/mol. The monoisotopic (exact) mass is 408 g/mol. The van der Waals surface area contributed by atoms with Crippen molar-refractivity contribution < 1.29 is 14.1 Å². The topological polar surface area (TPSA) is 121 Å². The number of hydrogen-bond acceptors (Lipinski definition) is 6. The van der Waals surface area contributed by atoms with Crippen LogP contribution in [0.3, 0.4) is 0 Å². The molecule has 3 aromatic rings. The van der Waals surface area contributed by atoms with E-state index >= 15 is 0 Å². The Hall–Kier alpha value is -2.95. The lowest BCUT2D eigenvalue weighted by Crippen LogP contribution is -2.22. The molecule has 0 saturated heterocycles. The van der Waals surface area contributed by atoms with Crippen LogP contribution in [0.1, 0.15) is 21.9 Å². The van der Waals surface area contributed by atoms with Gasteiger partial charge in [-0.25, -0.2) is 0 Å². The van der Waals surface area contributed by atoms with E-state index in [1.54, 1.807) is 36.3 Å². The van der Waals surface area contributed by atoms with Gasteiger partial charge in [0, 0.05) is 25.4 Å². The predicted molar refractivity (Wildman–Crippen MR) is 88.8 cm³/mol. The second-order valence-electron chi connectivity index (χ2n) is 5.23. The molecule has 0 aromatic carbocycles. The first kappa shape index (κ1) is 16.9. The van der Waals surface area contributed by atoms with Crippen LogP contribution >= 0.6 is 15.9 Å². The second kappa shape index (κ2) is 6.89. The van der Waals surface area contributed by atoms with Crippen molar-refractivity contribution in [3.05, 3.63) is 62.4 Å². The van der Waals surface area contributed by atoms with Crippen molar-refractivity contribution in [2.75, 3.05) is 0 Å². The SMILES string of the molecule is Cn1cc(CNC(=O)c2ccc(Cn3cc(Br)c([N+](=O)[O-])n3)o2)cn1. The highest BCUT2D eigenvalue weighted by Gasteiger charge is 2.20. The molecule has 0 spiro atoms. The number of hydrogen-bond donors (Lipinski definition) is 1. The molecule has 0 aliphatic carbocycles. The Morgan fingerprint density at radius 2 is 2.24 bits per heavy atom. The molecular weight excluding hydrogens is 396 g/mol. The summed E-state index contributed by atoms with van der Waals surface area (Å²) >= 11 is 3.08. The number of rotatable bonds is 6. The van der Waals surface area contributed by atoms with Crippen LogP contribution in [-0.4, -0.2) is 30.4 Å². The molecule has 0 aliphatic heterocycles. The molecule has 25 heavy (non-hydrogen) atoms. The maximum atomic E-state index is 12.1. The molecule has 130 valence electrons. The number of halogens is 1. The largest absolute Gasteiger partial charge is 0.454 e. The number of carbonyl (C=O) groups is 1. The van der Waals surface area contributed by atoms with E-state index in [0.717, 1.165) is 5.56 Å². The fourth-order valence-corrected chi connectivity index (χ4v) is 2.63. The van der Waals surface area contributed by atoms with E-state index in [1.165, 1.54) is 10.9 Å². The van der Waals surface area contributed by atoms with Crippen molar-refractivity contribution in [2.24, 2.45) is 7.05 Å². The van der Waals surface area contributed by atoms with Gasteiger partial charge in [0.05, 0.1) is 17.5 Å². The molecule has 3 heterocycles. The van der Waals surface area contributed by atoms with Gasteiger partial charge < -0.3 is 19.8 Å². The number of aromatic nitrogens is 4. The summed E-state index contributed by atoms with van der Waals surface area (Å²) in [7, 11) is 1.79. The number of nitro groups is 1. The Morgan fingerprint density at radius 1 is 1.44 bits per heavy atom. The van der Waals surface area contributed by atoms with Crippen molar-refractivity contribution in [1.29, 1.82) is 0 Å². The van der Waals surface area contributed by atoms with Crippen LogP contribution in [-0.2, 0) is 20.1 Å². The first-order valence-corrected chi connectivity index (χ1v) is 7.93. The summed E-state index contributed by atoms with van der Waals surface area (Å²) in [4.78, 5) is 22.3.